The molecule has 2 heterocycles. The summed E-state index contributed by atoms with van der Waals surface area (Å²) in [6, 6.07) is 83.4. The number of fused-ring (bicyclic) bond motifs is 3. The van der Waals surface area contributed by atoms with Crippen LogP contribution in [0.2, 0.25) is 0 Å². The van der Waals surface area contributed by atoms with Gasteiger partial charge in [0.05, 0.1) is 22.6 Å². The highest BCUT2D eigenvalue weighted by Gasteiger charge is 2.19. The monoisotopic (exact) mass is 789 g/mol. The van der Waals surface area contributed by atoms with Gasteiger partial charge >= 0.3 is 0 Å². The first-order valence-corrected chi connectivity index (χ1v) is 21.0. The topological polar surface area (TPSA) is 38.7 Å². The molecule has 0 aliphatic carbocycles. The molecule has 3 nitrogen and oxygen atoms in total. The van der Waals surface area contributed by atoms with Gasteiger partial charge in [-0.15, -0.1) is 0 Å². The highest BCUT2D eigenvalue weighted by molar-refractivity contribution is 6.18. The van der Waals surface area contributed by atoms with Gasteiger partial charge in [0.2, 0.25) is 0 Å². The molecule has 0 atom stereocenters. The normalized spacial score (nSPS) is 11.2. The predicted molar refractivity (Wildman–Crippen MR) is 258 cm³/mol. The first-order valence-electron chi connectivity index (χ1n) is 21.0. The van der Waals surface area contributed by atoms with Crippen LogP contribution in [0, 0.1) is 0 Å². The Bertz CT molecular complexity index is 3280. The molecule has 0 saturated heterocycles. The van der Waals surface area contributed by atoms with E-state index in [1.54, 1.807) is 0 Å². The molecule has 0 bridgehead atoms. The molecule has 0 amide bonds. The van der Waals surface area contributed by atoms with E-state index in [0.29, 0.717) is 5.82 Å². The average Bonchev–Trinajstić information content (AvgIpc) is 3.37. The molecule has 0 N–H and O–H groups in total. The first-order chi connectivity index (χ1) is 30.7. The number of benzene rings is 9. The van der Waals surface area contributed by atoms with Crippen molar-refractivity contribution in [3.05, 3.63) is 237 Å². The van der Waals surface area contributed by atoms with Crippen molar-refractivity contribution in [2.75, 3.05) is 0 Å². The average molecular weight is 790 g/mol. The molecule has 11 aromatic rings. The van der Waals surface area contributed by atoms with Crippen LogP contribution in [-0.4, -0.2) is 15.0 Å². The van der Waals surface area contributed by atoms with Crippen molar-refractivity contribution in [3.63, 3.8) is 0 Å². The van der Waals surface area contributed by atoms with Crippen LogP contribution in [0.5, 0.6) is 0 Å². The maximum Gasteiger partial charge on any atom is 0.160 e. The van der Waals surface area contributed by atoms with E-state index >= 15 is 0 Å². The summed E-state index contributed by atoms with van der Waals surface area (Å²) < 4.78 is 0. The Hall–Kier alpha value is -8.27. The number of hydrogen-bond donors (Lipinski definition) is 0. The van der Waals surface area contributed by atoms with Crippen LogP contribution < -0.4 is 0 Å². The second kappa shape index (κ2) is 16.1. The molecule has 290 valence electrons. The number of pyridine rings is 1. The Balaban J connectivity index is 1.12. The van der Waals surface area contributed by atoms with Gasteiger partial charge in [0, 0.05) is 33.2 Å². The minimum atomic E-state index is 0.670. The molecule has 9 aromatic carbocycles. The van der Waals surface area contributed by atoms with E-state index in [-0.39, 0.29) is 0 Å². The molecule has 0 saturated carbocycles. The summed E-state index contributed by atoms with van der Waals surface area (Å²) in [6.45, 7) is 0. The van der Waals surface area contributed by atoms with Gasteiger partial charge in [-0.2, -0.15) is 0 Å². The van der Waals surface area contributed by atoms with Gasteiger partial charge in [0.1, 0.15) is 0 Å². The minimum absolute atomic E-state index is 0.670. The zero-order valence-electron chi connectivity index (χ0n) is 33.9. The Morgan fingerprint density at radius 2 is 0.677 bits per heavy atom. The van der Waals surface area contributed by atoms with E-state index in [2.05, 4.69) is 231 Å². The van der Waals surface area contributed by atoms with E-state index in [9.17, 15) is 0 Å². The van der Waals surface area contributed by atoms with Crippen molar-refractivity contribution >= 4 is 21.7 Å². The summed E-state index contributed by atoms with van der Waals surface area (Å²) in [7, 11) is 0. The van der Waals surface area contributed by atoms with E-state index in [0.717, 1.165) is 100 Å². The lowest BCUT2D eigenvalue weighted by Gasteiger charge is -2.17. The van der Waals surface area contributed by atoms with E-state index in [1.165, 1.54) is 5.39 Å². The van der Waals surface area contributed by atoms with Crippen LogP contribution in [0.3, 0.4) is 0 Å². The Morgan fingerprint density at radius 1 is 0.242 bits per heavy atom. The molecule has 0 fully saturated rings. The fourth-order valence-electron chi connectivity index (χ4n) is 8.58. The third-order valence-electron chi connectivity index (χ3n) is 11.6. The SMILES string of the molecule is c1ccc(-c2cccc(-c3cc(-c4cccc(-c5cc6ccccc6c6c(-c7ccccc7)cc(-c7ccccc7)nc56)c4)nc(-c4cccc(-c5ccccc5)c4)n3)c2)cc1. The number of rotatable bonds is 8. The zero-order valence-corrected chi connectivity index (χ0v) is 33.9. The summed E-state index contributed by atoms with van der Waals surface area (Å²) >= 11 is 0. The molecule has 2 aromatic heterocycles. The molecule has 11 rings (SSSR count). The zero-order chi connectivity index (χ0) is 41.2. The molecule has 0 radical (unpaired) electrons. The first kappa shape index (κ1) is 36.8. The van der Waals surface area contributed by atoms with Crippen molar-refractivity contribution in [3.8, 4) is 89.7 Å². The maximum atomic E-state index is 5.51. The summed E-state index contributed by atoms with van der Waals surface area (Å²) in [5, 5.41) is 3.47. The minimum Gasteiger partial charge on any atom is -0.247 e. The van der Waals surface area contributed by atoms with Crippen LogP contribution in [0.4, 0.5) is 0 Å². The van der Waals surface area contributed by atoms with E-state index < -0.39 is 0 Å². The van der Waals surface area contributed by atoms with Gasteiger partial charge in [-0.05, 0) is 86.1 Å². The van der Waals surface area contributed by atoms with Crippen LogP contribution in [0.15, 0.2) is 237 Å². The van der Waals surface area contributed by atoms with Gasteiger partial charge in [-0.1, -0.05) is 200 Å². The molecular weight excluding hydrogens is 751 g/mol. The predicted octanol–water partition coefficient (Wildman–Crippen LogP) is 15.5. The van der Waals surface area contributed by atoms with Crippen LogP contribution >= 0.6 is 0 Å². The highest BCUT2D eigenvalue weighted by Crippen LogP contribution is 2.42. The van der Waals surface area contributed by atoms with E-state index in [4.69, 9.17) is 15.0 Å². The standard InChI is InChI=1S/C59H39N3/c1-5-18-40(19-6-1)44-27-15-30-48(34-44)55-39-56(62-59(61-55)50-32-16-28-45(35-50)41-20-7-2-8-21-41)49-31-17-29-46(36-49)53-37-47-26-13-14-33-51(47)57-52(42-22-9-3-10-23-42)38-54(60-58(53)57)43-24-11-4-12-25-43/h1-39H. The lowest BCUT2D eigenvalue weighted by molar-refractivity contribution is 1.18. The van der Waals surface area contributed by atoms with E-state index in [1.807, 2.05) is 6.07 Å². The summed E-state index contributed by atoms with van der Waals surface area (Å²) in [5.74, 6) is 0.670. The van der Waals surface area contributed by atoms with Gasteiger partial charge in [0.25, 0.3) is 0 Å². The maximum absolute atomic E-state index is 5.51. The lowest BCUT2D eigenvalue weighted by atomic mass is 9.90. The quantitative estimate of drug-likeness (QED) is 0.144. The number of nitrogens with zero attached hydrogens (tertiary/aromatic N) is 3. The van der Waals surface area contributed by atoms with Crippen molar-refractivity contribution in [2.45, 2.75) is 0 Å². The third kappa shape index (κ3) is 7.12. The molecule has 0 unspecified atom stereocenters. The van der Waals surface area contributed by atoms with Gasteiger partial charge < -0.3 is 0 Å². The summed E-state index contributed by atoms with van der Waals surface area (Å²) in [6.07, 6.45) is 0. The largest absolute Gasteiger partial charge is 0.247 e. The summed E-state index contributed by atoms with van der Waals surface area (Å²) in [5.41, 5.74) is 16.7. The van der Waals surface area contributed by atoms with Gasteiger partial charge in [-0.25, -0.2) is 15.0 Å². The van der Waals surface area contributed by atoms with Crippen LogP contribution in [-0.2, 0) is 0 Å². The fraction of sp³-hybridized carbons (Fsp3) is 0. The van der Waals surface area contributed by atoms with Crippen LogP contribution in [0.25, 0.3) is 111 Å². The Labute approximate surface area is 361 Å². The second-order valence-electron chi connectivity index (χ2n) is 15.6. The molecular formula is C59H39N3. The third-order valence-corrected chi connectivity index (χ3v) is 11.6. The van der Waals surface area contributed by atoms with Gasteiger partial charge in [-0.3, -0.25) is 0 Å². The van der Waals surface area contributed by atoms with Crippen molar-refractivity contribution in [2.24, 2.45) is 0 Å². The Kier molecular flexibility index (Phi) is 9.53. The Morgan fingerprint density at radius 3 is 1.29 bits per heavy atom. The van der Waals surface area contributed by atoms with Crippen molar-refractivity contribution in [1.82, 2.24) is 15.0 Å². The van der Waals surface area contributed by atoms with Gasteiger partial charge in [0.15, 0.2) is 5.82 Å². The molecule has 0 aliphatic heterocycles. The molecule has 3 heteroatoms. The smallest absolute Gasteiger partial charge is 0.160 e. The van der Waals surface area contributed by atoms with Crippen molar-refractivity contribution < 1.29 is 0 Å². The highest BCUT2D eigenvalue weighted by atomic mass is 14.9. The van der Waals surface area contributed by atoms with Crippen LogP contribution in [0.1, 0.15) is 0 Å². The summed E-state index contributed by atoms with van der Waals surface area (Å²) in [4.78, 5) is 16.1. The van der Waals surface area contributed by atoms with Crippen molar-refractivity contribution in [1.29, 1.82) is 0 Å². The second-order valence-corrected chi connectivity index (χ2v) is 15.6. The molecule has 0 spiro atoms. The lowest BCUT2D eigenvalue weighted by Crippen LogP contribution is -1.97. The molecule has 62 heavy (non-hydrogen) atoms. The fourth-order valence-corrected chi connectivity index (χ4v) is 8.58. The number of hydrogen-bond acceptors (Lipinski definition) is 3. The molecule has 0 aliphatic rings. The number of aromatic nitrogens is 3.